The minimum Gasteiger partial charge on any atom is -0.381 e. The molecule has 2 aromatic rings. The molecule has 0 aromatic carbocycles. The molecular weight excluding hydrogens is 260 g/mol. The summed E-state index contributed by atoms with van der Waals surface area (Å²) in [5, 5.41) is 7.81. The summed E-state index contributed by atoms with van der Waals surface area (Å²) in [4.78, 5) is 4.47. The van der Waals surface area contributed by atoms with Gasteiger partial charge in [0, 0.05) is 18.4 Å². The van der Waals surface area contributed by atoms with Crippen molar-refractivity contribution in [3.8, 4) is 5.82 Å². The van der Waals surface area contributed by atoms with E-state index in [2.05, 4.69) is 40.5 Å². The maximum atomic E-state index is 4.47. The first kappa shape index (κ1) is 12.6. The van der Waals surface area contributed by atoms with Crippen LogP contribution in [0.3, 0.4) is 0 Å². The fraction of sp³-hybridized carbons (Fsp3) is 0.412. The van der Waals surface area contributed by atoms with E-state index in [4.69, 9.17) is 0 Å². The van der Waals surface area contributed by atoms with Crippen LogP contribution in [0.2, 0.25) is 0 Å². The van der Waals surface area contributed by atoms with Crippen LogP contribution in [0.4, 0.5) is 5.69 Å². The van der Waals surface area contributed by atoms with E-state index in [9.17, 15) is 0 Å². The fourth-order valence-corrected chi connectivity index (χ4v) is 3.78. The van der Waals surface area contributed by atoms with Crippen molar-refractivity contribution in [1.29, 1.82) is 0 Å². The van der Waals surface area contributed by atoms with Crippen molar-refractivity contribution in [2.75, 3.05) is 5.32 Å². The number of nitrogens with one attached hydrogen (secondary N) is 1. The molecule has 2 aromatic heterocycles. The third kappa shape index (κ3) is 2.35. The molecule has 1 fully saturated rings. The molecule has 108 valence electrons. The van der Waals surface area contributed by atoms with Crippen molar-refractivity contribution in [2.24, 2.45) is 17.8 Å². The number of allylic oxidation sites excluding steroid dienone is 2. The molecule has 4 heteroatoms. The average Bonchev–Trinajstić information content (AvgIpc) is 3.25. The molecule has 2 aliphatic rings. The maximum Gasteiger partial charge on any atom is 0.153 e. The molecule has 4 nitrogen and oxygen atoms in total. The molecule has 0 amide bonds. The van der Waals surface area contributed by atoms with E-state index in [1.165, 1.54) is 12.8 Å². The Morgan fingerprint density at radius 3 is 2.86 bits per heavy atom. The Balaban J connectivity index is 1.44. The number of hydrogen-bond donors (Lipinski definition) is 1. The van der Waals surface area contributed by atoms with Crippen LogP contribution >= 0.6 is 0 Å². The third-order valence-corrected chi connectivity index (χ3v) is 4.85. The number of fused-ring (bicyclic) bond motifs is 2. The largest absolute Gasteiger partial charge is 0.381 e. The Morgan fingerprint density at radius 1 is 1.29 bits per heavy atom. The molecule has 4 rings (SSSR count). The second-order valence-electron chi connectivity index (χ2n) is 6.23. The van der Waals surface area contributed by atoms with E-state index in [1.807, 2.05) is 24.5 Å². The monoisotopic (exact) mass is 280 g/mol. The van der Waals surface area contributed by atoms with Gasteiger partial charge in [0.25, 0.3) is 0 Å². The van der Waals surface area contributed by atoms with Gasteiger partial charge in [0.1, 0.15) is 0 Å². The summed E-state index contributed by atoms with van der Waals surface area (Å²) in [5.74, 6) is 3.20. The molecule has 1 N–H and O–H groups in total. The molecule has 0 aliphatic heterocycles. The van der Waals surface area contributed by atoms with Crippen LogP contribution in [0, 0.1) is 17.8 Å². The van der Waals surface area contributed by atoms with E-state index in [0.717, 1.165) is 29.3 Å². The number of anilines is 1. The van der Waals surface area contributed by atoms with Crippen LogP contribution in [-0.2, 0) is 0 Å². The number of hydrogen-bond acceptors (Lipinski definition) is 3. The van der Waals surface area contributed by atoms with Crippen LogP contribution < -0.4 is 5.32 Å². The molecule has 4 unspecified atom stereocenters. The normalized spacial score (nSPS) is 28.0. The molecule has 0 spiro atoms. The molecular formula is C17H20N4. The summed E-state index contributed by atoms with van der Waals surface area (Å²) in [7, 11) is 0. The first-order valence-corrected chi connectivity index (χ1v) is 7.70. The van der Waals surface area contributed by atoms with E-state index >= 15 is 0 Å². The average molecular weight is 280 g/mol. The summed E-state index contributed by atoms with van der Waals surface area (Å²) in [6.07, 6.45) is 13.1. The zero-order valence-electron chi connectivity index (χ0n) is 12.2. The topological polar surface area (TPSA) is 42.7 Å². The molecule has 2 aliphatic carbocycles. The summed E-state index contributed by atoms with van der Waals surface area (Å²) in [6, 6.07) is 6.48. The molecule has 21 heavy (non-hydrogen) atoms. The first-order chi connectivity index (χ1) is 10.3. The quantitative estimate of drug-likeness (QED) is 0.874. The Hall–Kier alpha value is -2.10. The van der Waals surface area contributed by atoms with Gasteiger partial charge < -0.3 is 5.32 Å². The van der Waals surface area contributed by atoms with E-state index in [-0.39, 0.29) is 0 Å². The van der Waals surface area contributed by atoms with Crippen LogP contribution in [0.25, 0.3) is 5.82 Å². The van der Waals surface area contributed by atoms with Crippen molar-refractivity contribution in [1.82, 2.24) is 14.8 Å². The molecule has 2 heterocycles. The van der Waals surface area contributed by atoms with Crippen molar-refractivity contribution in [3.63, 3.8) is 0 Å². The minimum atomic E-state index is 0.488. The first-order valence-electron chi connectivity index (χ1n) is 7.70. The van der Waals surface area contributed by atoms with Crippen LogP contribution in [0.15, 0.2) is 48.9 Å². The lowest BCUT2D eigenvalue weighted by atomic mass is 9.87. The fourth-order valence-electron chi connectivity index (χ4n) is 3.78. The highest BCUT2D eigenvalue weighted by molar-refractivity contribution is 5.44. The number of aromatic nitrogens is 3. The van der Waals surface area contributed by atoms with Gasteiger partial charge in [0.15, 0.2) is 5.82 Å². The van der Waals surface area contributed by atoms with Gasteiger partial charge in [-0.05, 0) is 55.7 Å². The van der Waals surface area contributed by atoms with E-state index in [0.29, 0.717) is 6.04 Å². The maximum absolute atomic E-state index is 4.47. The highest BCUT2D eigenvalue weighted by Gasteiger charge is 2.38. The molecule has 2 bridgehead atoms. The summed E-state index contributed by atoms with van der Waals surface area (Å²) in [5.41, 5.74) is 1.09. The van der Waals surface area contributed by atoms with Gasteiger partial charge in [0.05, 0.1) is 11.9 Å². The Bertz CT molecular complexity index is 629. The van der Waals surface area contributed by atoms with Gasteiger partial charge in [-0.15, -0.1) is 0 Å². The smallest absolute Gasteiger partial charge is 0.153 e. The van der Waals surface area contributed by atoms with Gasteiger partial charge >= 0.3 is 0 Å². The Morgan fingerprint density at radius 2 is 2.24 bits per heavy atom. The van der Waals surface area contributed by atoms with Gasteiger partial charge in [-0.1, -0.05) is 12.2 Å². The minimum absolute atomic E-state index is 0.488. The lowest BCUT2D eigenvalue weighted by Gasteiger charge is -2.27. The van der Waals surface area contributed by atoms with E-state index in [1.54, 1.807) is 10.9 Å². The van der Waals surface area contributed by atoms with Crippen molar-refractivity contribution >= 4 is 5.69 Å². The SMILES string of the molecule is CC(Nc1ccc(-n2cccn2)nc1)C1CC2C=CC1C2. The zero-order chi connectivity index (χ0) is 14.2. The van der Waals surface area contributed by atoms with Gasteiger partial charge in [-0.25, -0.2) is 9.67 Å². The van der Waals surface area contributed by atoms with E-state index < -0.39 is 0 Å². The number of nitrogens with zero attached hydrogens (tertiary/aromatic N) is 3. The van der Waals surface area contributed by atoms with Crippen LogP contribution in [-0.4, -0.2) is 20.8 Å². The summed E-state index contributed by atoms with van der Waals surface area (Å²) < 4.78 is 1.77. The lowest BCUT2D eigenvalue weighted by molar-refractivity contribution is 0.400. The highest BCUT2D eigenvalue weighted by atomic mass is 15.3. The van der Waals surface area contributed by atoms with Crippen molar-refractivity contribution < 1.29 is 0 Å². The number of rotatable bonds is 4. The predicted molar refractivity (Wildman–Crippen MR) is 83.3 cm³/mol. The van der Waals surface area contributed by atoms with Gasteiger partial charge in [0.2, 0.25) is 0 Å². The van der Waals surface area contributed by atoms with Gasteiger partial charge in [-0.3, -0.25) is 0 Å². The second kappa shape index (κ2) is 5.02. The second-order valence-corrected chi connectivity index (χ2v) is 6.23. The Labute approximate surface area is 124 Å². The predicted octanol–water partition coefficient (Wildman–Crippen LogP) is 3.28. The Kier molecular flexibility index (Phi) is 3.02. The molecule has 4 atom stereocenters. The standard InChI is InChI=1S/C17H20N4/c1-12(16-10-13-3-4-14(16)9-13)20-15-5-6-17(18-11-15)21-8-2-7-19-21/h2-8,11-14,16,20H,9-10H2,1H3. The molecule has 0 saturated heterocycles. The van der Waals surface area contributed by atoms with Crippen molar-refractivity contribution in [3.05, 3.63) is 48.9 Å². The highest BCUT2D eigenvalue weighted by Crippen LogP contribution is 2.45. The molecule has 0 radical (unpaired) electrons. The lowest BCUT2D eigenvalue weighted by Crippen LogP contribution is -2.28. The zero-order valence-corrected chi connectivity index (χ0v) is 12.2. The third-order valence-electron chi connectivity index (χ3n) is 4.85. The summed E-state index contributed by atoms with van der Waals surface area (Å²) >= 11 is 0. The van der Waals surface area contributed by atoms with Gasteiger partial charge in [-0.2, -0.15) is 5.10 Å². The van der Waals surface area contributed by atoms with Crippen molar-refractivity contribution in [2.45, 2.75) is 25.8 Å². The van der Waals surface area contributed by atoms with Crippen LogP contribution in [0.5, 0.6) is 0 Å². The molecule has 1 saturated carbocycles. The van der Waals surface area contributed by atoms with Crippen LogP contribution in [0.1, 0.15) is 19.8 Å². The number of pyridine rings is 1. The summed E-state index contributed by atoms with van der Waals surface area (Å²) in [6.45, 7) is 2.29.